The zero-order valence-electron chi connectivity index (χ0n) is 26.3. The van der Waals surface area contributed by atoms with Crippen molar-refractivity contribution in [3.05, 3.63) is 35.5 Å². The number of hydrogen-bond donors (Lipinski definition) is 3. The van der Waals surface area contributed by atoms with Crippen molar-refractivity contribution < 1.29 is 53.0 Å². The molecule has 1 aromatic rings. The first kappa shape index (κ1) is 29.0. The molecule has 4 saturated carbocycles. The molecule has 0 radical (unpaired) electrons. The number of fused-ring (bicyclic) bond motifs is 3. The maximum atomic E-state index is 14.3. The summed E-state index contributed by atoms with van der Waals surface area (Å²) in [6.45, 7) is 11.2. The van der Waals surface area contributed by atoms with Crippen LogP contribution in [0.5, 0.6) is 0 Å². The summed E-state index contributed by atoms with van der Waals surface area (Å²) < 4.78 is 37.9. The van der Waals surface area contributed by atoms with E-state index in [-0.39, 0.29) is 36.1 Å². The van der Waals surface area contributed by atoms with Crippen LogP contribution < -0.4 is 0 Å². The molecular formula is C33H42O11. The van der Waals surface area contributed by atoms with E-state index in [1.54, 1.807) is 26.8 Å². The molecule has 4 heterocycles. The second kappa shape index (κ2) is 7.91. The largest absolute Gasteiger partial charge is 0.511 e. The van der Waals surface area contributed by atoms with Gasteiger partial charge in [0.05, 0.1) is 31.3 Å². The van der Waals surface area contributed by atoms with Gasteiger partial charge in [-0.1, -0.05) is 34.6 Å². The Kier molecular flexibility index (Phi) is 5.21. The number of rotatable bonds is 5. The Balaban J connectivity index is 1.47. The number of esters is 2. The van der Waals surface area contributed by atoms with E-state index in [0.29, 0.717) is 24.8 Å². The fraction of sp³-hybridized carbons (Fsp3) is 0.758. The SMILES string of the molecule is COC(=O)CC1C2(C)CC3(O)C4OC(=O)/C(=C(\O)C(C)C)C5C(C)(C(O)c6ccoc6)CCC67OC(C)(OC546)OC3(C2)C17C. The number of aliphatic hydroxyl groups excluding tert-OH is 2. The number of aliphatic hydroxyl groups is 3. The molecule has 3 saturated heterocycles. The molecule has 0 amide bonds. The summed E-state index contributed by atoms with van der Waals surface area (Å²) >= 11 is 0. The Morgan fingerprint density at radius 2 is 1.80 bits per heavy atom. The van der Waals surface area contributed by atoms with E-state index < -0.39 is 74.6 Å². The minimum absolute atomic E-state index is 0.00409. The van der Waals surface area contributed by atoms with Gasteiger partial charge in [-0.3, -0.25) is 4.79 Å². The van der Waals surface area contributed by atoms with Crippen molar-refractivity contribution in [2.45, 2.75) is 114 Å². The summed E-state index contributed by atoms with van der Waals surface area (Å²) in [6, 6.07) is 1.68. The van der Waals surface area contributed by atoms with Gasteiger partial charge in [-0.2, -0.15) is 0 Å². The van der Waals surface area contributed by atoms with E-state index in [1.807, 2.05) is 13.8 Å². The summed E-state index contributed by atoms with van der Waals surface area (Å²) in [4.78, 5) is 27.3. The first-order chi connectivity index (χ1) is 20.5. The summed E-state index contributed by atoms with van der Waals surface area (Å²) in [5.74, 6) is -4.76. The van der Waals surface area contributed by atoms with Crippen molar-refractivity contribution >= 4 is 11.9 Å². The van der Waals surface area contributed by atoms with Crippen molar-refractivity contribution in [1.82, 2.24) is 0 Å². The van der Waals surface area contributed by atoms with Crippen molar-refractivity contribution in [2.75, 3.05) is 7.11 Å². The molecule has 3 aliphatic heterocycles. The predicted octanol–water partition coefficient (Wildman–Crippen LogP) is 3.83. The van der Waals surface area contributed by atoms with Gasteiger partial charge in [-0.05, 0) is 43.1 Å². The molecule has 4 aliphatic carbocycles. The van der Waals surface area contributed by atoms with E-state index in [1.165, 1.54) is 19.6 Å². The van der Waals surface area contributed by atoms with Crippen molar-refractivity contribution in [3.63, 3.8) is 0 Å². The van der Waals surface area contributed by atoms with Crippen LogP contribution in [0.1, 0.15) is 85.3 Å². The quantitative estimate of drug-likeness (QED) is 0.252. The highest BCUT2D eigenvalue weighted by Gasteiger charge is 3.02. The molecule has 3 spiro atoms. The summed E-state index contributed by atoms with van der Waals surface area (Å²) in [5.41, 5.74) is -8.07. The second-order valence-corrected chi connectivity index (χ2v) is 15.7. The maximum Gasteiger partial charge on any atom is 0.338 e. The molecule has 44 heavy (non-hydrogen) atoms. The van der Waals surface area contributed by atoms with Gasteiger partial charge in [0.1, 0.15) is 22.6 Å². The maximum absolute atomic E-state index is 14.3. The molecule has 0 aromatic carbocycles. The van der Waals surface area contributed by atoms with Crippen LogP contribution in [-0.2, 0) is 33.3 Å². The number of allylic oxidation sites excluding steroid dienone is 1. The van der Waals surface area contributed by atoms with E-state index >= 15 is 0 Å². The molecule has 11 nitrogen and oxygen atoms in total. The molecule has 3 N–H and O–H groups in total. The van der Waals surface area contributed by atoms with E-state index in [2.05, 4.69) is 6.92 Å². The molecular weight excluding hydrogens is 572 g/mol. The predicted molar refractivity (Wildman–Crippen MR) is 149 cm³/mol. The van der Waals surface area contributed by atoms with Gasteiger partial charge in [0.15, 0.2) is 11.7 Å². The van der Waals surface area contributed by atoms with Gasteiger partial charge < -0.3 is 43.4 Å². The lowest BCUT2D eigenvalue weighted by Gasteiger charge is -2.77. The lowest BCUT2D eigenvalue weighted by molar-refractivity contribution is -0.471. The molecule has 12 atom stereocenters. The van der Waals surface area contributed by atoms with E-state index in [4.69, 9.17) is 28.1 Å². The van der Waals surface area contributed by atoms with Gasteiger partial charge in [-0.15, -0.1) is 0 Å². The Morgan fingerprint density at radius 3 is 2.43 bits per heavy atom. The van der Waals surface area contributed by atoms with Crippen LogP contribution in [0.25, 0.3) is 0 Å². The van der Waals surface area contributed by atoms with Crippen molar-refractivity contribution in [1.29, 1.82) is 0 Å². The van der Waals surface area contributed by atoms with Gasteiger partial charge >= 0.3 is 11.9 Å². The Labute approximate surface area is 255 Å². The molecule has 7 fully saturated rings. The summed E-state index contributed by atoms with van der Waals surface area (Å²) in [5, 5.41) is 37.0. The Morgan fingerprint density at radius 1 is 1.09 bits per heavy atom. The third-order valence-corrected chi connectivity index (χ3v) is 13.5. The normalized spacial score (nSPS) is 54.3. The van der Waals surface area contributed by atoms with E-state index in [9.17, 15) is 24.9 Å². The fourth-order valence-electron chi connectivity index (χ4n) is 12.3. The van der Waals surface area contributed by atoms with Crippen molar-refractivity contribution in [3.8, 4) is 0 Å². The standard InChI is InChI=1S/C33H42O11/c1-16(2)21(35)20-22-27(4,23(36)17-8-11-40-13-17)9-10-31-28(5)18(12-19(34)39-7)26(3)14-30(38)25(41-24(20)37)33(22,31)44-29(6,42-31)43-32(28,30)15-26/h8,11,13,16,18,22-23,25,35-36,38H,9-10,12,14-15H2,1-7H3/b21-20-. The highest BCUT2D eigenvalue weighted by atomic mass is 16.9. The van der Waals surface area contributed by atoms with Crippen LogP contribution >= 0.6 is 0 Å². The third kappa shape index (κ3) is 2.63. The molecule has 4 bridgehead atoms. The van der Waals surface area contributed by atoms with Crippen LogP contribution in [0.2, 0.25) is 0 Å². The number of carbonyl (C=O) groups excluding carboxylic acids is 2. The number of carbonyl (C=O) groups is 2. The summed E-state index contributed by atoms with van der Waals surface area (Å²) in [7, 11) is 1.36. The smallest absolute Gasteiger partial charge is 0.338 e. The highest BCUT2D eigenvalue weighted by molar-refractivity contribution is 5.92. The van der Waals surface area contributed by atoms with Gasteiger partial charge in [-0.25, -0.2) is 4.79 Å². The number of furan rings is 1. The number of ether oxygens (including phenoxy) is 5. The van der Waals surface area contributed by atoms with Gasteiger partial charge in [0.2, 0.25) is 0 Å². The average Bonchev–Trinajstić information content (AvgIpc) is 3.65. The fourth-order valence-corrected chi connectivity index (χ4v) is 12.3. The first-order valence-corrected chi connectivity index (χ1v) is 15.7. The lowest BCUT2D eigenvalue weighted by Crippen LogP contribution is -2.92. The first-order valence-electron chi connectivity index (χ1n) is 15.7. The number of hydrogen-bond acceptors (Lipinski definition) is 11. The van der Waals surface area contributed by atoms with Crippen LogP contribution in [0.15, 0.2) is 34.3 Å². The van der Waals surface area contributed by atoms with E-state index in [0.717, 1.165) is 0 Å². The van der Waals surface area contributed by atoms with Crippen LogP contribution in [-0.4, -0.2) is 68.8 Å². The molecule has 7 aliphatic rings. The molecule has 8 rings (SSSR count). The minimum atomic E-state index is -1.72. The lowest BCUT2D eigenvalue weighted by atomic mass is 9.33. The Bertz CT molecular complexity index is 1520. The van der Waals surface area contributed by atoms with Crippen LogP contribution in [0.4, 0.5) is 0 Å². The van der Waals surface area contributed by atoms with Crippen LogP contribution in [0, 0.1) is 34.0 Å². The molecule has 12 unspecified atom stereocenters. The van der Waals surface area contributed by atoms with Crippen molar-refractivity contribution in [2.24, 2.45) is 34.0 Å². The van der Waals surface area contributed by atoms with Gasteiger partial charge in [0, 0.05) is 41.6 Å². The van der Waals surface area contributed by atoms with Crippen LogP contribution in [0.3, 0.4) is 0 Å². The topological polar surface area (TPSA) is 154 Å². The Hall–Kier alpha value is -2.44. The zero-order chi connectivity index (χ0) is 31.7. The highest BCUT2D eigenvalue weighted by Crippen LogP contribution is 2.90. The zero-order valence-corrected chi connectivity index (χ0v) is 26.3. The van der Waals surface area contributed by atoms with Gasteiger partial charge in [0.25, 0.3) is 5.97 Å². The summed E-state index contributed by atoms with van der Waals surface area (Å²) in [6.07, 6.45) is 1.93. The minimum Gasteiger partial charge on any atom is -0.511 e. The molecule has 1 aromatic heterocycles. The number of methoxy groups -OCH3 is 1. The molecule has 11 heteroatoms. The second-order valence-electron chi connectivity index (χ2n) is 15.7. The average molecular weight is 615 g/mol. The molecule has 240 valence electrons. The monoisotopic (exact) mass is 614 g/mol. The third-order valence-electron chi connectivity index (χ3n) is 13.5.